The summed E-state index contributed by atoms with van der Waals surface area (Å²) in [7, 11) is 0. The van der Waals surface area contributed by atoms with Crippen molar-refractivity contribution < 1.29 is 37.4 Å². The summed E-state index contributed by atoms with van der Waals surface area (Å²) in [6.07, 6.45) is 1.23. The summed E-state index contributed by atoms with van der Waals surface area (Å²) in [6.45, 7) is 0. The van der Waals surface area contributed by atoms with Gasteiger partial charge < -0.3 is 10.2 Å². The van der Waals surface area contributed by atoms with Crippen LogP contribution < -0.4 is 0 Å². The molecule has 0 aliphatic rings. The van der Waals surface area contributed by atoms with Gasteiger partial charge >= 0.3 is 11.9 Å². The largest absolute Gasteiger partial charge is 0.478 e. The first kappa shape index (κ1) is 15.4. The van der Waals surface area contributed by atoms with E-state index in [1.165, 1.54) is 0 Å². The lowest BCUT2D eigenvalue weighted by Gasteiger charge is -2.12. The van der Waals surface area contributed by atoms with Gasteiger partial charge in [-0.3, -0.25) is 4.98 Å². The van der Waals surface area contributed by atoms with Gasteiger partial charge in [-0.05, 0) is 0 Å². The summed E-state index contributed by atoms with van der Waals surface area (Å²) >= 11 is 0. The molecule has 22 heavy (non-hydrogen) atoms. The van der Waals surface area contributed by atoms with Crippen molar-refractivity contribution in [3.63, 3.8) is 0 Å². The number of rotatable bonds is 3. The van der Waals surface area contributed by atoms with E-state index in [-0.39, 0.29) is 6.07 Å². The van der Waals surface area contributed by atoms with Crippen LogP contribution in [0.2, 0.25) is 0 Å². The lowest BCUT2D eigenvalue weighted by atomic mass is 9.95. The highest BCUT2D eigenvalue weighted by molar-refractivity contribution is 6.04. The van der Waals surface area contributed by atoms with Gasteiger partial charge in [0.25, 0.3) is 0 Å². The Kier molecular flexibility index (Phi) is 3.81. The Morgan fingerprint density at radius 2 is 1.23 bits per heavy atom. The number of hydrogen-bond donors (Lipinski definition) is 2. The number of pyridine rings is 1. The van der Waals surface area contributed by atoms with Gasteiger partial charge in [-0.25, -0.2) is 27.2 Å². The Balaban J connectivity index is 3.00. The van der Waals surface area contributed by atoms with Crippen LogP contribution in [0.4, 0.5) is 17.6 Å². The average Bonchev–Trinajstić information content (AvgIpc) is 2.45. The lowest BCUT2D eigenvalue weighted by Crippen LogP contribution is -2.11. The molecule has 2 N–H and O–H groups in total. The van der Waals surface area contributed by atoms with Crippen molar-refractivity contribution >= 4 is 11.9 Å². The number of carbonyl (C=O) groups is 2. The zero-order valence-electron chi connectivity index (χ0n) is 10.4. The van der Waals surface area contributed by atoms with Gasteiger partial charge in [0.05, 0.1) is 16.7 Å². The highest BCUT2D eigenvalue weighted by atomic mass is 19.2. The van der Waals surface area contributed by atoms with E-state index in [9.17, 15) is 27.2 Å². The minimum atomic E-state index is -1.91. The molecule has 0 spiro atoms. The molecule has 0 bridgehead atoms. The molecule has 2 rings (SSSR count). The van der Waals surface area contributed by atoms with Crippen molar-refractivity contribution in [1.29, 1.82) is 0 Å². The maximum absolute atomic E-state index is 13.8. The van der Waals surface area contributed by atoms with Crippen LogP contribution in [0.1, 0.15) is 20.7 Å². The monoisotopic (exact) mass is 315 g/mol. The molecule has 0 saturated heterocycles. The highest BCUT2D eigenvalue weighted by Gasteiger charge is 2.29. The Morgan fingerprint density at radius 3 is 1.59 bits per heavy atom. The fourth-order valence-electron chi connectivity index (χ4n) is 1.85. The third-order valence-corrected chi connectivity index (χ3v) is 2.77. The van der Waals surface area contributed by atoms with E-state index in [4.69, 9.17) is 10.2 Å². The minimum absolute atomic E-state index is 0.0732. The van der Waals surface area contributed by atoms with Gasteiger partial charge in [0.15, 0.2) is 23.3 Å². The maximum atomic E-state index is 13.8. The van der Waals surface area contributed by atoms with E-state index in [1.54, 1.807) is 0 Å². The number of carboxylic acids is 2. The van der Waals surface area contributed by atoms with Crippen LogP contribution in [0.25, 0.3) is 11.1 Å². The second kappa shape index (κ2) is 5.43. The van der Waals surface area contributed by atoms with Gasteiger partial charge in [0.2, 0.25) is 0 Å². The van der Waals surface area contributed by atoms with E-state index in [0.29, 0.717) is 12.4 Å². The topological polar surface area (TPSA) is 87.5 Å². The zero-order chi connectivity index (χ0) is 16.6. The molecule has 0 aliphatic heterocycles. The van der Waals surface area contributed by atoms with Crippen LogP contribution in [0, 0.1) is 23.3 Å². The first-order valence-electron chi connectivity index (χ1n) is 5.53. The fraction of sp³-hybridized carbons (Fsp3) is 0. The standard InChI is InChI=1S/C13H5F4NO4/c14-6-1-7(15)11(17)9(10(6)16)8-4(12(19)20)2-18-3-5(8)13(21)22/h1-3H,(H,19,20)(H,21,22). The van der Waals surface area contributed by atoms with Crippen molar-refractivity contribution in [2.24, 2.45) is 0 Å². The molecule has 0 aliphatic carbocycles. The Bertz CT molecular complexity index is 749. The predicted molar refractivity (Wildman–Crippen MR) is 63.4 cm³/mol. The Morgan fingerprint density at radius 1 is 0.818 bits per heavy atom. The van der Waals surface area contributed by atoms with E-state index in [0.717, 1.165) is 0 Å². The van der Waals surface area contributed by atoms with Crippen LogP contribution in [0.3, 0.4) is 0 Å². The number of halogens is 4. The average molecular weight is 315 g/mol. The number of carboxylic acid groups (broad SMARTS) is 2. The van der Waals surface area contributed by atoms with Crippen molar-refractivity contribution in [3.8, 4) is 11.1 Å². The molecular formula is C13H5F4NO4. The molecule has 0 fully saturated rings. The minimum Gasteiger partial charge on any atom is -0.478 e. The zero-order valence-corrected chi connectivity index (χ0v) is 10.4. The molecule has 114 valence electrons. The maximum Gasteiger partial charge on any atom is 0.337 e. The van der Waals surface area contributed by atoms with Crippen LogP contribution in [-0.4, -0.2) is 27.1 Å². The number of hydrogen-bond acceptors (Lipinski definition) is 3. The van der Waals surface area contributed by atoms with Crippen LogP contribution in [0.5, 0.6) is 0 Å². The normalized spacial score (nSPS) is 10.5. The van der Waals surface area contributed by atoms with Crippen LogP contribution in [-0.2, 0) is 0 Å². The van der Waals surface area contributed by atoms with Crippen molar-refractivity contribution in [2.45, 2.75) is 0 Å². The predicted octanol–water partition coefficient (Wildman–Crippen LogP) is 2.70. The third kappa shape index (κ3) is 2.36. The molecule has 0 radical (unpaired) electrons. The summed E-state index contributed by atoms with van der Waals surface area (Å²) in [5, 5.41) is 18.0. The van der Waals surface area contributed by atoms with E-state index in [2.05, 4.69) is 4.98 Å². The van der Waals surface area contributed by atoms with Crippen LogP contribution in [0.15, 0.2) is 18.5 Å². The molecule has 1 aromatic carbocycles. The highest BCUT2D eigenvalue weighted by Crippen LogP contribution is 2.34. The van der Waals surface area contributed by atoms with Gasteiger partial charge in [0.1, 0.15) is 0 Å². The quantitative estimate of drug-likeness (QED) is 0.671. The Labute approximate surface area is 119 Å². The molecule has 0 saturated carbocycles. The summed E-state index contributed by atoms with van der Waals surface area (Å²) in [5.41, 5.74) is -4.26. The summed E-state index contributed by atoms with van der Waals surface area (Å²) in [5.74, 6) is -10.9. The number of aromatic nitrogens is 1. The molecule has 0 atom stereocenters. The molecule has 2 aromatic rings. The number of aromatic carboxylic acids is 2. The first-order valence-corrected chi connectivity index (χ1v) is 5.53. The molecule has 5 nitrogen and oxygen atoms in total. The van der Waals surface area contributed by atoms with Crippen molar-refractivity contribution in [3.05, 3.63) is 52.9 Å². The van der Waals surface area contributed by atoms with Gasteiger partial charge in [-0.1, -0.05) is 0 Å². The van der Waals surface area contributed by atoms with Gasteiger partial charge in [-0.15, -0.1) is 0 Å². The van der Waals surface area contributed by atoms with Crippen molar-refractivity contribution in [2.75, 3.05) is 0 Å². The van der Waals surface area contributed by atoms with Crippen LogP contribution >= 0.6 is 0 Å². The summed E-state index contributed by atoms with van der Waals surface area (Å²) in [4.78, 5) is 25.5. The number of nitrogens with zero attached hydrogens (tertiary/aromatic N) is 1. The Hall–Kier alpha value is -2.97. The first-order chi connectivity index (χ1) is 10.3. The molecule has 0 amide bonds. The van der Waals surface area contributed by atoms with Crippen molar-refractivity contribution in [1.82, 2.24) is 4.98 Å². The lowest BCUT2D eigenvalue weighted by molar-refractivity contribution is 0.0696. The SMILES string of the molecule is O=C(O)c1cncc(C(=O)O)c1-c1c(F)c(F)cc(F)c1F. The molecule has 1 aromatic heterocycles. The number of benzene rings is 1. The molecule has 1 heterocycles. The van der Waals surface area contributed by atoms with Gasteiger partial charge in [0, 0.05) is 24.0 Å². The molecular weight excluding hydrogens is 310 g/mol. The fourth-order valence-corrected chi connectivity index (χ4v) is 1.85. The second-order valence-electron chi connectivity index (χ2n) is 4.06. The summed E-state index contributed by atoms with van der Waals surface area (Å²) < 4.78 is 54.2. The second-order valence-corrected chi connectivity index (χ2v) is 4.06. The summed E-state index contributed by atoms with van der Waals surface area (Å²) in [6, 6.07) is -0.0732. The van der Waals surface area contributed by atoms with E-state index in [1.807, 2.05) is 0 Å². The van der Waals surface area contributed by atoms with Gasteiger partial charge in [-0.2, -0.15) is 0 Å². The van der Waals surface area contributed by atoms with E-state index >= 15 is 0 Å². The molecule has 9 heteroatoms. The smallest absolute Gasteiger partial charge is 0.337 e. The van der Waals surface area contributed by atoms with E-state index < -0.39 is 57.5 Å². The molecule has 0 unspecified atom stereocenters. The third-order valence-electron chi connectivity index (χ3n) is 2.77.